The van der Waals surface area contributed by atoms with Gasteiger partial charge in [-0.1, -0.05) is 38.4 Å². The first kappa shape index (κ1) is 16.0. The summed E-state index contributed by atoms with van der Waals surface area (Å²) < 4.78 is 0.587. The van der Waals surface area contributed by atoms with Crippen LogP contribution in [0.15, 0.2) is 22.7 Å². The zero-order chi connectivity index (χ0) is 14.8. The van der Waals surface area contributed by atoms with Crippen molar-refractivity contribution in [2.24, 2.45) is 5.41 Å². The van der Waals surface area contributed by atoms with Gasteiger partial charge in [-0.15, -0.1) is 0 Å². The number of amides is 1. The van der Waals surface area contributed by atoms with Crippen molar-refractivity contribution < 1.29 is 14.7 Å². The topological polar surface area (TPSA) is 66.4 Å². The van der Waals surface area contributed by atoms with Gasteiger partial charge >= 0.3 is 5.97 Å². The summed E-state index contributed by atoms with van der Waals surface area (Å²) in [4.78, 5) is 23.3. The lowest BCUT2D eigenvalue weighted by atomic mass is 9.86. The number of carbonyl (C=O) groups excluding carboxylic acids is 1. The lowest BCUT2D eigenvalue weighted by molar-refractivity contribution is -0.142. The van der Waals surface area contributed by atoms with Gasteiger partial charge in [0.1, 0.15) is 6.04 Å². The lowest BCUT2D eigenvalue weighted by Gasteiger charge is -2.27. The minimum absolute atomic E-state index is 0.242. The second-order valence-corrected chi connectivity index (χ2v) is 6.44. The minimum atomic E-state index is -1.08. The lowest BCUT2D eigenvalue weighted by Crippen LogP contribution is -2.49. The van der Waals surface area contributed by atoms with Crippen molar-refractivity contribution in [3.63, 3.8) is 0 Å². The van der Waals surface area contributed by atoms with Crippen LogP contribution in [0.25, 0.3) is 0 Å². The Hall–Kier alpha value is -1.07. The average Bonchev–Trinajstić information content (AvgIpc) is 2.27. The molecule has 0 heterocycles. The quantitative estimate of drug-likeness (QED) is 0.880. The third-order valence-corrected chi connectivity index (χ3v) is 3.88. The predicted octanol–water partition coefficient (Wildman–Crippen LogP) is 3.33. The highest BCUT2D eigenvalue weighted by Gasteiger charge is 2.33. The minimum Gasteiger partial charge on any atom is -0.480 e. The fraction of sp³-hybridized carbons (Fsp3) is 0.385. The van der Waals surface area contributed by atoms with Crippen LogP contribution in [0.3, 0.4) is 0 Å². The van der Waals surface area contributed by atoms with E-state index in [-0.39, 0.29) is 10.6 Å². The summed E-state index contributed by atoms with van der Waals surface area (Å²) in [5, 5.41) is 11.9. The van der Waals surface area contributed by atoms with Crippen LogP contribution in [0.4, 0.5) is 0 Å². The Morgan fingerprint density at radius 3 is 2.42 bits per heavy atom. The molecule has 0 radical (unpaired) electrons. The smallest absolute Gasteiger partial charge is 0.326 e. The Morgan fingerprint density at radius 1 is 1.37 bits per heavy atom. The van der Waals surface area contributed by atoms with E-state index in [1.54, 1.807) is 39.0 Å². The third-order valence-electron chi connectivity index (χ3n) is 2.58. The molecule has 1 rings (SSSR count). The molecule has 1 atom stereocenters. The number of benzene rings is 1. The monoisotopic (exact) mass is 347 g/mol. The number of carboxylic acid groups (broad SMARTS) is 1. The molecule has 0 aliphatic heterocycles. The van der Waals surface area contributed by atoms with E-state index >= 15 is 0 Å². The van der Waals surface area contributed by atoms with Gasteiger partial charge in [0.15, 0.2) is 0 Å². The average molecular weight is 349 g/mol. The molecule has 0 bridgehead atoms. The van der Waals surface area contributed by atoms with Crippen molar-refractivity contribution in [1.82, 2.24) is 5.32 Å². The van der Waals surface area contributed by atoms with Gasteiger partial charge in [0, 0.05) is 4.47 Å². The molecule has 1 aromatic rings. The molecule has 0 unspecified atom stereocenters. The fourth-order valence-corrected chi connectivity index (χ4v) is 2.11. The standard InChI is InChI=1S/C13H15BrClNO3/c1-13(2,3)10(12(18)19)16-11(17)7-5-4-6-8(14)9(7)15/h4-6,10H,1-3H3,(H,16,17)(H,18,19)/t10-/m1/s1. The Kier molecular flexibility index (Phi) is 4.98. The van der Waals surface area contributed by atoms with E-state index in [1.165, 1.54) is 0 Å². The summed E-state index contributed by atoms with van der Waals surface area (Å²) in [5.41, 5.74) is -0.355. The first-order chi connectivity index (χ1) is 8.64. The molecule has 0 saturated carbocycles. The molecule has 0 saturated heterocycles. The second kappa shape index (κ2) is 5.92. The number of hydrogen-bond acceptors (Lipinski definition) is 2. The SMILES string of the molecule is CC(C)(C)[C@H](NC(=O)c1cccc(Br)c1Cl)C(=O)O. The fourth-order valence-electron chi connectivity index (χ4n) is 1.54. The number of carbonyl (C=O) groups is 2. The number of nitrogens with one attached hydrogen (secondary N) is 1. The molecule has 104 valence electrons. The van der Waals surface area contributed by atoms with Gasteiger partial charge in [0.25, 0.3) is 5.91 Å². The number of rotatable bonds is 3. The highest BCUT2D eigenvalue weighted by atomic mass is 79.9. The Labute approximate surface area is 125 Å². The summed E-state index contributed by atoms with van der Waals surface area (Å²) >= 11 is 9.23. The Balaban J connectivity index is 3.02. The Morgan fingerprint density at radius 2 is 1.95 bits per heavy atom. The molecule has 0 aliphatic rings. The number of aliphatic carboxylic acids is 1. The molecule has 4 nitrogen and oxygen atoms in total. The van der Waals surface area contributed by atoms with Crippen LogP contribution in [0.2, 0.25) is 5.02 Å². The van der Waals surface area contributed by atoms with Crippen molar-refractivity contribution >= 4 is 39.4 Å². The van der Waals surface area contributed by atoms with Gasteiger partial charge in [0.05, 0.1) is 10.6 Å². The first-order valence-electron chi connectivity index (χ1n) is 5.62. The summed E-state index contributed by atoms with van der Waals surface area (Å²) in [5.74, 6) is -1.58. The van der Waals surface area contributed by atoms with Crippen molar-refractivity contribution in [3.8, 4) is 0 Å². The summed E-state index contributed by atoms with van der Waals surface area (Å²) in [6.07, 6.45) is 0. The number of hydrogen-bond donors (Lipinski definition) is 2. The van der Waals surface area contributed by atoms with Crippen LogP contribution in [0.1, 0.15) is 31.1 Å². The zero-order valence-electron chi connectivity index (χ0n) is 10.8. The normalized spacial score (nSPS) is 12.9. The second-order valence-electron chi connectivity index (χ2n) is 5.21. The van der Waals surface area contributed by atoms with Gasteiger partial charge in [-0.2, -0.15) is 0 Å². The number of carboxylic acids is 1. The van der Waals surface area contributed by atoms with Crippen LogP contribution in [-0.2, 0) is 4.79 Å². The highest BCUT2D eigenvalue weighted by molar-refractivity contribution is 9.10. The highest BCUT2D eigenvalue weighted by Crippen LogP contribution is 2.27. The van der Waals surface area contributed by atoms with E-state index in [9.17, 15) is 14.7 Å². The summed E-state index contributed by atoms with van der Waals surface area (Å²) in [6, 6.07) is 3.93. The molecule has 0 aliphatic carbocycles. The largest absolute Gasteiger partial charge is 0.480 e. The molecule has 0 spiro atoms. The van der Waals surface area contributed by atoms with E-state index < -0.39 is 23.3 Å². The molecular formula is C13H15BrClNO3. The van der Waals surface area contributed by atoms with Crippen LogP contribution >= 0.6 is 27.5 Å². The first-order valence-corrected chi connectivity index (χ1v) is 6.79. The molecule has 6 heteroatoms. The van der Waals surface area contributed by atoms with E-state index in [4.69, 9.17) is 11.6 Å². The van der Waals surface area contributed by atoms with Crippen LogP contribution in [0.5, 0.6) is 0 Å². The van der Waals surface area contributed by atoms with Crippen molar-refractivity contribution in [1.29, 1.82) is 0 Å². The molecule has 19 heavy (non-hydrogen) atoms. The third kappa shape index (κ3) is 3.94. The maximum atomic E-state index is 12.1. The molecule has 1 aromatic carbocycles. The molecule has 0 aromatic heterocycles. The Bertz CT molecular complexity index is 511. The predicted molar refractivity (Wildman–Crippen MR) is 77.5 cm³/mol. The molecule has 0 fully saturated rings. The van der Waals surface area contributed by atoms with Gasteiger partial charge in [-0.05, 0) is 33.5 Å². The van der Waals surface area contributed by atoms with E-state index in [1.807, 2.05) is 0 Å². The van der Waals surface area contributed by atoms with E-state index in [2.05, 4.69) is 21.2 Å². The van der Waals surface area contributed by atoms with Gasteiger partial charge in [-0.25, -0.2) is 4.79 Å². The van der Waals surface area contributed by atoms with Crippen molar-refractivity contribution in [2.75, 3.05) is 0 Å². The van der Waals surface area contributed by atoms with E-state index in [0.717, 1.165) is 0 Å². The van der Waals surface area contributed by atoms with Crippen LogP contribution in [0, 0.1) is 5.41 Å². The zero-order valence-corrected chi connectivity index (χ0v) is 13.2. The maximum absolute atomic E-state index is 12.1. The van der Waals surface area contributed by atoms with Gasteiger partial charge < -0.3 is 10.4 Å². The molecule has 1 amide bonds. The van der Waals surface area contributed by atoms with Gasteiger partial charge in [-0.3, -0.25) is 4.79 Å². The summed E-state index contributed by atoms with van der Waals surface area (Å²) in [6.45, 7) is 5.23. The van der Waals surface area contributed by atoms with Crippen molar-refractivity contribution in [2.45, 2.75) is 26.8 Å². The molecule has 2 N–H and O–H groups in total. The van der Waals surface area contributed by atoms with Gasteiger partial charge in [0.2, 0.25) is 0 Å². The van der Waals surface area contributed by atoms with Crippen LogP contribution in [-0.4, -0.2) is 23.0 Å². The maximum Gasteiger partial charge on any atom is 0.326 e. The molecular weight excluding hydrogens is 334 g/mol. The summed E-state index contributed by atoms with van der Waals surface area (Å²) in [7, 11) is 0. The van der Waals surface area contributed by atoms with Crippen LogP contribution < -0.4 is 5.32 Å². The number of halogens is 2. The van der Waals surface area contributed by atoms with Crippen molar-refractivity contribution in [3.05, 3.63) is 33.3 Å². The van der Waals surface area contributed by atoms with E-state index in [0.29, 0.717) is 4.47 Å².